The minimum Gasteiger partial charge on any atom is -0.370 e. The summed E-state index contributed by atoms with van der Waals surface area (Å²) in [5.41, 5.74) is 2.83. The standard InChI is InChI=1S/C25H29ClN4O2/c1-28(13-20-8-6-19(12-27)7-9-20)25(31)18-30-16-22-14-29(15-23(17-30)32-22)11-10-21-4-2-3-5-24(21)26/h2-9,22-23H,10-11,13-18H2,1H3. The van der Waals surface area contributed by atoms with E-state index < -0.39 is 0 Å². The lowest BCUT2D eigenvalue weighted by molar-refractivity contribution is -0.149. The lowest BCUT2D eigenvalue weighted by Crippen LogP contribution is -2.60. The van der Waals surface area contributed by atoms with Gasteiger partial charge in [0.15, 0.2) is 0 Å². The highest BCUT2D eigenvalue weighted by atomic mass is 35.5. The van der Waals surface area contributed by atoms with Gasteiger partial charge in [0.05, 0.1) is 30.4 Å². The summed E-state index contributed by atoms with van der Waals surface area (Å²) in [7, 11) is 1.83. The van der Waals surface area contributed by atoms with E-state index in [1.165, 1.54) is 5.56 Å². The maximum absolute atomic E-state index is 12.8. The van der Waals surface area contributed by atoms with Crippen LogP contribution in [-0.2, 0) is 22.5 Å². The first kappa shape index (κ1) is 22.8. The van der Waals surface area contributed by atoms with E-state index in [1.807, 2.05) is 37.4 Å². The van der Waals surface area contributed by atoms with Crippen molar-refractivity contribution >= 4 is 17.5 Å². The predicted octanol–water partition coefficient (Wildman–Crippen LogP) is 2.80. The molecule has 0 saturated carbocycles. The molecule has 2 heterocycles. The van der Waals surface area contributed by atoms with Crippen molar-refractivity contribution in [3.05, 3.63) is 70.2 Å². The van der Waals surface area contributed by atoms with Crippen molar-refractivity contribution in [2.75, 3.05) is 46.3 Å². The number of rotatable bonds is 7. The van der Waals surface area contributed by atoms with Gasteiger partial charge in [-0.15, -0.1) is 0 Å². The van der Waals surface area contributed by atoms with Crippen LogP contribution in [0.25, 0.3) is 0 Å². The predicted molar refractivity (Wildman–Crippen MR) is 124 cm³/mol. The number of amides is 1. The van der Waals surface area contributed by atoms with Gasteiger partial charge >= 0.3 is 0 Å². The van der Waals surface area contributed by atoms with Gasteiger partial charge in [0.1, 0.15) is 0 Å². The Balaban J connectivity index is 1.24. The van der Waals surface area contributed by atoms with Crippen LogP contribution in [0.2, 0.25) is 5.02 Å². The molecule has 0 aliphatic carbocycles. The molecule has 2 atom stereocenters. The highest BCUT2D eigenvalue weighted by Gasteiger charge is 2.35. The number of nitrogens with zero attached hydrogens (tertiary/aromatic N) is 4. The molecule has 0 N–H and O–H groups in total. The zero-order chi connectivity index (χ0) is 22.5. The molecule has 2 fully saturated rings. The topological polar surface area (TPSA) is 59.8 Å². The number of ether oxygens (including phenoxy) is 1. The fourth-order valence-electron chi connectivity index (χ4n) is 4.51. The average Bonchev–Trinajstić information content (AvgIpc) is 2.78. The maximum Gasteiger partial charge on any atom is 0.236 e. The van der Waals surface area contributed by atoms with E-state index in [4.69, 9.17) is 21.6 Å². The Kier molecular flexibility index (Phi) is 7.44. The SMILES string of the molecule is CN(Cc1ccc(C#N)cc1)C(=O)CN1CC2CN(CCc3ccccc3Cl)CC(C1)O2. The molecule has 32 heavy (non-hydrogen) atoms. The third-order valence-corrected chi connectivity index (χ3v) is 6.54. The van der Waals surface area contributed by atoms with Gasteiger partial charge in [0, 0.05) is 51.3 Å². The molecule has 1 amide bonds. The highest BCUT2D eigenvalue weighted by Crippen LogP contribution is 2.21. The zero-order valence-electron chi connectivity index (χ0n) is 18.4. The van der Waals surface area contributed by atoms with E-state index in [-0.39, 0.29) is 18.1 Å². The van der Waals surface area contributed by atoms with E-state index in [2.05, 4.69) is 21.9 Å². The van der Waals surface area contributed by atoms with Crippen LogP contribution in [0.5, 0.6) is 0 Å². The molecule has 2 aromatic carbocycles. The molecule has 2 bridgehead atoms. The summed E-state index contributed by atoms with van der Waals surface area (Å²) in [5.74, 6) is 0.102. The number of benzene rings is 2. The second-order valence-corrected chi connectivity index (χ2v) is 9.14. The fourth-order valence-corrected chi connectivity index (χ4v) is 4.74. The summed E-state index contributed by atoms with van der Waals surface area (Å²) in [6.07, 6.45) is 1.19. The quantitative estimate of drug-likeness (QED) is 0.646. The molecule has 0 spiro atoms. The van der Waals surface area contributed by atoms with Crippen LogP contribution >= 0.6 is 11.6 Å². The van der Waals surface area contributed by atoms with Gasteiger partial charge in [-0.05, 0) is 35.7 Å². The lowest BCUT2D eigenvalue weighted by atomic mass is 10.1. The minimum atomic E-state index is 0.102. The number of likely N-dealkylation sites (N-methyl/N-ethyl adjacent to an activating group) is 1. The molecule has 7 heteroatoms. The Hall–Kier alpha value is -2.43. The number of hydrogen-bond donors (Lipinski definition) is 0. The minimum absolute atomic E-state index is 0.102. The van der Waals surface area contributed by atoms with Crippen molar-refractivity contribution in [3.63, 3.8) is 0 Å². The van der Waals surface area contributed by atoms with Gasteiger partial charge in [-0.2, -0.15) is 5.26 Å². The molecule has 2 saturated heterocycles. The number of carbonyl (C=O) groups excluding carboxylic acids is 1. The zero-order valence-corrected chi connectivity index (χ0v) is 19.2. The molecule has 168 valence electrons. The van der Waals surface area contributed by atoms with Crippen LogP contribution in [0.15, 0.2) is 48.5 Å². The molecule has 2 unspecified atom stereocenters. The van der Waals surface area contributed by atoms with Gasteiger partial charge in [0.2, 0.25) is 5.91 Å². The Morgan fingerprint density at radius 3 is 2.41 bits per heavy atom. The van der Waals surface area contributed by atoms with Crippen LogP contribution in [0.4, 0.5) is 0 Å². The van der Waals surface area contributed by atoms with Gasteiger partial charge in [-0.1, -0.05) is 41.9 Å². The van der Waals surface area contributed by atoms with Crippen LogP contribution < -0.4 is 0 Å². The largest absolute Gasteiger partial charge is 0.370 e. The van der Waals surface area contributed by atoms with Gasteiger partial charge in [-0.3, -0.25) is 14.6 Å². The number of nitriles is 1. The van der Waals surface area contributed by atoms with E-state index in [9.17, 15) is 4.79 Å². The molecule has 0 radical (unpaired) electrons. The number of morpholine rings is 2. The van der Waals surface area contributed by atoms with Crippen molar-refractivity contribution in [1.82, 2.24) is 14.7 Å². The Morgan fingerprint density at radius 1 is 1.09 bits per heavy atom. The van der Waals surface area contributed by atoms with E-state index in [1.54, 1.807) is 17.0 Å². The van der Waals surface area contributed by atoms with E-state index in [0.717, 1.165) is 49.7 Å². The smallest absolute Gasteiger partial charge is 0.236 e. The van der Waals surface area contributed by atoms with Crippen molar-refractivity contribution in [2.24, 2.45) is 0 Å². The van der Waals surface area contributed by atoms with Gasteiger partial charge in [0.25, 0.3) is 0 Å². The van der Waals surface area contributed by atoms with Crippen molar-refractivity contribution in [3.8, 4) is 6.07 Å². The molecule has 0 aromatic heterocycles. The third kappa shape index (κ3) is 5.87. The summed E-state index contributed by atoms with van der Waals surface area (Å²) < 4.78 is 6.16. The van der Waals surface area contributed by atoms with Crippen molar-refractivity contribution in [2.45, 2.75) is 25.2 Å². The highest BCUT2D eigenvalue weighted by molar-refractivity contribution is 6.31. The first-order chi connectivity index (χ1) is 15.5. The van der Waals surface area contributed by atoms with E-state index >= 15 is 0 Å². The Bertz CT molecular complexity index is 961. The molecule has 2 aliphatic heterocycles. The van der Waals surface area contributed by atoms with Gasteiger partial charge < -0.3 is 9.64 Å². The molecule has 2 aromatic rings. The van der Waals surface area contributed by atoms with Gasteiger partial charge in [-0.25, -0.2) is 0 Å². The number of hydrogen-bond acceptors (Lipinski definition) is 5. The Morgan fingerprint density at radius 2 is 1.75 bits per heavy atom. The summed E-state index contributed by atoms with van der Waals surface area (Å²) in [5, 5.41) is 9.75. The van der Waals surface area contributed by atoms with Crippen LogP contribution in [0.1, 0.15) is 16.7 Å². The second-order valence-electron chi connectivity index (χ2n) is 8.73. The number of halogens is 1. The van der Waals surface area contributed by atoms with E-state index in [0.29, 0.717) is 18.7 Å². The Labute approximate surface area is 194 Å². The maximum atomic E-state index is 12.8. The van der Waals surface area contributed by atoms with Crippen LogP contribution in [0.3, 0.4) is 0 Å². The van der Waals surface area contributed by atoms with Crippen molar-refractivity contribution < 1.29 is 9.53 Å². The lowest BCUT2D eigenvalue weighted by Gasteiger charge is -2.45. The second kappa shape index (κ2) is 10.5. The fraction of sp³-hybridized carbons (Fsp3) is 0.440. The molecule has 6 nitrogen and oxygen atoms in total. The first-order valence-electron chi connectivity index (χ1n) is 11.1. The molecule has 2 aliphatic rings. The summed E-state index contributed by atoms with van der Waals surface area (Å²) in [6, 6.07) is 17.5. The normalized spacial score (nSPS) is 21.2. The van der Waals surface area contributed by atoms with Crippen LogP contribution in [-0.4, -0.2) is 79.1 Å². The molecule has 4 rings (SSSR count). The third-order valence-electron chi connectivity index (χ3n) is 6.17. The first-order valence-corrected chi connectivity index (χ1v) is 11.4. The van der Waals surface area contributed by atoms with Crippen LogP contribution in [0, 0.1) is 11.3 Å². The molecular weight excluding hydrogens is 424 g/mol. The molecular formula is C25H29ClN4O2. The monoisotopic (exact) mass is 452 g/mol. The summed E-state index contributed by atoms with van der Waals surface area (Å²) in [6.45, 7) is 5.22. The summed E-state index contributed by atoms with van der Waals surface area (Å²) in [4.78, 5) is 19.2. The average molecular weight is 453 g/mol. The van der Waals surface area contributed by atoms with Crippen molar-refractivity contribution in [1.29, 1.82) is 5.26 Å². The number of carbonyl (C=O) groups is 1. The summed E-state index contributed by atoms with van der Waals surface area (Å²) >= 11 is 6.30. The number of fused-ring (bicyclic) bond motifs is 2.